The fourth-order valence-electron chi connectivity index (χ4n) is 3.63. The van der Waals surface area contributed by atoms with Gasteiger partial charge in [-0.05, 0) is 49.1 Å². The number of rotatable bonds is 4. The van der Waals surface area contributed by atoms with Crippen LogP contribution in [0.5, 0.6) is 11.5 Å². The first-order valence-corrected chi connectivity index (χ1v) is 8.78. The van der Waals surface area contributed by atoms with Gasteiger partial charge in [0, 0.05) is 6.54 Å². The predicted octanol–water partition coefficient (Wildman–Crippen LogP) is 5.38. The summed E-state index contributed by atoms with van der Waals surface area (Å²) in [6.45, 7) is 3.74. The molecule has 0 aliphatic carbocycles. The van der Waals surface area contributed by atoms with Crippen LogP contribution in [0, 0.1) is 31.1 Å². The molecule has 1 saturated heterocycles. The van der Waals surface area contributed by atoms with E-state index in [9.17, 15) is 13.2 Å². The standard InChI is InChI=1S/C21H21F3N2O/c1-14-4-3-5-15(2)19(14)27-18-8-6-16(7-9-18)20(10-11-25)12-17(13-26-20)21(22,23)24/h3-9,17,26H,10,12-13H2,1-2H3/t17-,20+/m0/s1. The first-order chi connectivity index (χ1) is 12.7. The molecule has 0 aromatic heterocycles. The third-order valence-electron chi connectivity index (χ3n) is 5.16. The van der Waals surface area contributed by atoms with Crippen molar-refractivity contribution in [3.8, 4) is 17.6 Å². The van der Waals surface area contributed by atoms with Gasteiger partial charge in [0.05, 0.1) is 23.9 Å². The zero-order valence-corrected chi connectivity index (χ0v) is 15.2. The number of hydrogen-bond acceptors (Lipinski definition) is 3. The molecule has 0 bridgehead atoms. The Kier molecular flexibility index (Phi) is 5.16. The van der Waals surface area contributed by atoms with Crippen molar-refractivity contribution in [3.05, 3.63) is 59.2 Å². The van der Waals surface area contributed by atoms with E-state index >= 15 is 0 Å². The Morgan fingerprint density at radius 1 is 1.15 bits per heavy atom. The number of alkyl halides is 3. The van der Waals surface area contributed by atoms with Crippen LogP contribution in [0.4, 0.5) is 13.2 Å². The van der Waals surface area contributed by atoms with Gasteiger partial charge in [0.2, 0.25) is 0 Å². The second kappa shape index (κ2) is 7.24. The first-order valence-electron chi connectivity index (χ1n) is 8.78. The fourth-order valence-corrected chi connectivity index (χ4v) is 3.63. The second-order valence-corrected chi connectivity index (χ2v) is 7.09. The number of nitrogens with zero attached hydrogens (tertiary/aromatic N) is 1. The lowest BCUT2D eigenvalue weighted by Gasteiger charge is -2.28. The van der Waals surface area contributed by atoms with Gasteiger partial charge in [0.25, 0.3) is 0 Å². The molecule has 2 atom stereocenters. The van der Waals surface area contributed by atoms with Gasteiger partial charge in [-0.25, -0.2) is 0 Å². The van der Waals surface area contributed by atoms with Crippen LogP contribution >= 0.6 is 0 Å². The molecular formula is C21H21F3N2O. The van der Waals surface area contributed by atoms with Gasteiger partial charge in [0.1, 0.15) is 11.5 Å². The summed E-state index contributed by atoms with van der Waals surface area (Å²) in [5.41, 5.74) is 1.70. The number of hydrogen-bond donors (Lipinski definition) is 1. The van der Waals surface area contributed by atoms with E-state index in [0.29, 0.717) is 11.3 Å². The summed E-state index contributed by atoms with van der Waals surface area (Å²) in [6, 6.07) is 14.9. The van der Waals surface area contributed by atoms with Gasteiger partial charge in [-0.3, -0.25) is 0 Å². The molecule has 0 amide bonds. The molecule has 0 radical (unpaired) electrons. The summed E-state index contributed by atoms with van der Waals surface area (Å²) < 4.78 is 45.3. The van der Waals surface area contributed by atoms with Crippen LogP contribution in [0.1, 0.15) is 29.5 Å². The minimum atomic E-state index is -4.27. The molecule has 3 nitrogen and oxygen atoms in total. The smallest absolute Gasteiger partial charge is 0.393 e. The van der Waals surface area contributed by atoms with E-state index in [1.807, 2.05) is 38.1 Å². The van der Waals surface area contributed by atoms with Crippen LogP contribution in [-0.4, -0.2) is 12.7 Å². The van der Waals surface area contributed by atoms with Gasteiger partial charge < -0.3 is 10.1 Å². The molecule has 6 heteroatoms. The predicted molar refractivity (Wildman–Crippen MR) is 96.5 cm³/mol. The van der Waals surface area contributed by atoms with Crippen LogP contribution in [0.25, 0.3) is 0 Å². The number of halogens is 3. The van der Waals surface area contributed by atoms with Gasteiger partial charge in [0.15, 0.2) is 0 Å². The average molecular weight is 374 g/mol. The highest BCUT2D eigenvalue weighted by Crippen LogP contribution is 2.43. The second-order valence-electron chi connectivity index (χ2n) is 7.09. The molecule has 2 aromatic carbocycles. The topological polar surface area (TPSA) is 45.0 Å². The number of nitriles is 1. The van der Waals surface area contributed by atoms with Crippen LogP contribution in [-0.2, 0) is 5.54 Å². The minimum absolute atomic E-state index is 0.0172. The van der Waals surface area contributed by atoms with Crippen molar-refractivity contribution in [2.45, 2.75) is 38.4 Å². The molecule has 1 heterocycles. The molecule has 2 aromatic rings. The molecule has 0 unspecified atom stereocenters. The maximum absolute atomic E-state index is 13.1. The zero-order chi connectivity index (χ0) is 19.7. The zero-order valence-electron chi connectivity index (χ0n) is 15.2. The summed E-state index contributed by atoms with van der Waals surface area (Å²) >= 11 is 0. The molecule has 3 rings (SSSR count). The van der Waals surface area contributed by atoms with Gasteiger partial charge in [-0.2, -0.15) is 18.4 Å². The lowest BCUT2D eigenvalue weighted by atomic mass is 9.83. The number of aryl methyl sites for hydroxylation is 2. The van der Waals surface area contributed by atoms with Crippen LogP contribution in [0.2, 0.25) is 0 Å². The molecule has 1 fully saturated rings. The maximum Gasteiger partial charge on any atom is 0.393 e. The van der Waals surface area contributed by atoms with Crippen molar-refractivity contribution in [2.75, 3.05) is 6.54 Å². The number of nitrogens with one attached hydrogen (secondary N) is 1. The van der Waals surface area contributed by atoms with Crippen molar-refractivity contribution in [3.63, 3.8) is 0 Å². The Bertz CT molecular complexity index is 835. The van der Waals surface area contributed by atoms with E-state index in [1.54, 1.807) is 24.3 Å². The Hall–Kier alpha value is -2.52. The highest BCUT2D eigenvalue weighted by molar-refractivity contribution is 5.44. The molecule has 1 aliphatic rings. The number of benzene rings is 2. The number of para-hydroxylation sites is 1. The average Bonchev–Trinajstić information content (AvgIpc) is 3.05. The van der Waals surface area contributed by atoms with E-state index in [2.05, 4.69) is 5.32 Å². The van der Waals surface area contributed by atoms with Crippen molar-refractivity contribution in [1.82, 2.24) is 5.32 Å². The highest BCUT2D eigenvalue weighted by atomic mass is 19.4. The summed E-state index contributed by atoms with van der Waals surface area (Å²) in [6.07, 6.45) is -4.42. The lowest BCUT2D eigenvalue weighted by molar-refractivity contribution is -0.170. The van der Waals surface area contributed by atoms with Crippen molar-refractivity contribution >= 4 is 0 Å². The quantitative estimate of drug-likeness (QED) is 0.782. The summed E-state index contributed by atoms with van der Waals surface area (Å²) in [5.74, 6) is -0.0712. The van der Waals surface area contributed by atoms with E-state index in [1.165, 1.54) is 0 Å². The summed E-state index contributed by atoms with van der Waals surface area (Å²) in [7, 11) is 0. The fraction of sp³-hybridized carbons (Fsp3) is 0.381. The third-order valence-corrected chi connectivity index (χ3v) is 5.16. The molecule has 27 heavy (non-hydrogen) atoms. The SMILES string of the molecule is Cc1cccc(C)c1Oc1ccc([C@@]2(CC#N)C[C@H](C(F)(F)F)CN2)cc1. The summed E-state index contributed by atoms with van der Waals surface area (Å²) in [4.78, 5) is 0. The highest BCUT2D eigenvalue weighted by Gasteiger charge is 2.50. The largest absolute Gasteiger partial charge is 0.457 e. The van der Waals surface area contributed by atoms with Crippen LogP contribution < -0.4 is 10.1 Å². The Labute approximate surface area is 156 Å². The van der Waals surface area contributed by atoms with Gasteiger partial charge in [-0.15, -0.1) is 0 Å². The van der Waals surface area contributed by atoms with Crippen molar-refractivity contribution in [1.29, 1.82) is 5.26 Å². The van der Waals surface area contributed by atoms with Gasteiger partial charge in [-0.1, -0.05) is 30.3 Å². The minimum Gasteiger partial charge on any atom is -0.457 e. The lowest BCUT2D eigenvalue weighted by Crippen LogP contribution is -2.36. The van der Waals surface area contributed by atoms with Gasteiger partial charge >= 0.3 is 6.18 Å². The Morgan fingerprint density at radius 3 is 2.30 bits per heavy atom. The normalized spacial score (nSPS) is 22.4. The molecule has 142 valence electrons. The molecule has 0 spiro atoms. The summed E-state index contributed by atoms with van der Waals surface area (Å²) in [5, 5.41) is 12.1. The van der Waals surface area contributed by atoms with Crippen molar-refractivity contribution < 1.29 is 17.9 Å². The first kappa shape index (κ1) is 19.2. The Balaban J connectivity index is 1.84. The monoisotopic (exact) mass is 374 g/mol. The molecular weight excluding hydrogens is 353 g/mol. The van der Waals surface area contributed by atoms with Crippen LogP contribution in [0.15, 0.2) is 42.5 Å². The maximum atomic E-state index is 13.1. The van der Waals surface area contributed by atoms with E-state index < -0.39 is 17.6 Å². The number of ether oxygens (including phenoxy) is 1. The van der Waals surface area contributed by atoms with Crippen LogP contribution in [0.3, 0.4) is 0 Å². The van der Waals surface area contributed by atoms with Crippen molar-refractivity contribution in [2.24, 2.45) is 5.92 Å². The Morgan fingerprint density at radius 2 is 1.78 bits per heavy atom. The van der Waals surface area contributed by atoms with E-state index in [4.69, 9.17) is 10.00 Å². The third kappa shape index (κ3) is 3.93. The molecule has 1 N–H and O–H groups in total. The molecule has 0 saturated carbocycles. The molecule has 1 aliphatic heterocycles. The van der Waals surface area contributed by atoms with E-state index in [-0.39, 0.29) is 19.4 Å². The van der Waals surface area contributed by atoms with E-state index in [0.717, 1.165) is 16.9 Å².